The fraction of sp³-hybridized carbons (Fsp3) is 0.135. The Balaban J connectivity index is 1.71. The van der Waals surface area contributed by atoms with Gasteiger partial charge in [0, 0.05) is 39.8 Å². The molecule has 0 spiro atoms. The SMILES string of the molecule is C=C1/C=C(c2ccc3c(c2)c(/C=C\C)c(C)n3-c2ccccc2)\C=C/N(C(/C=C\C)=C/C)c2ccc(C)cc21. The van der Waals surface area contributed by atoms with E-state index in [1.165, 1.54) is 39.0 Å². The molecular weight excluding hydrogens is 472 g/mol. The van der Waals surface area contributed by atoms with Crippen molar-refractivity contribution in [1.82, 2.24) is 4.57 Å². The summed E-state index contributed by atoms with van der Waals surface area (Å²) in [6, 6.07) is 24.0. The summed E-state index contributed by atoms with van der Waals surface area (Å²) in [6.45, 7) is 15.1. The van der Waals surface area contributed by atoms with Gasteiger partial charge in [-0.1, -0.05) is 66.8 Å². The highest BCUT2D eigenvalue weighted by atomic mass is 15.1. The van der Waals surface area contributed by atoms with Gasteiger partial charge in [-0.25, -0.2) is 0 Å². The maximum absolute atomic E-state index is 4.52. The number of hydrogen-bond donors (Lipinski definition) is 0. The van der Waals surface area contributed by atoms with E-state index in [0.717, 1.165) is 28.1 Å². The highest BCUT2D eigenvalue weighted by Crippen LogP contribution is 2.37. The molecule has 2 heteroatoms. The molecule has 3 aromatic carbocycles. The van der Waals surface area contributed by atoms with Crippen LogP contribution in [0.5, 0.6) is 0 Å². The summed E-state index contributed by atoms with van der Waals surface area (Å²) in [7, 11) is 0. The Morgan fingerprint density at radius 3 is 2.38 bits per heavy atom. The van der Waals surface area contributed by atoms with Crippen LogP contribution in [0.4, 0.5) is 5.69 Å². The number of rotatable bonds is 5. The van der Waals surface area contributed by atoms with Gasteiger partial charge in [0.15, 0.2) is 0 Å². The third kappa shape index (κ3) is 4.86. The van der Waals surface area contributed by atoms with E-state index in [1.54, 1.807) is 0 Å². The number of aromatic nitrogens is 1. The quantitative estimate of drug-likeness (QED) is 0.243. The molecule has 1 aliphatic rings. The molecule has 2 heterocycles. The molecular formula is C37H36N2. The second kappa shape index (κ2) is 11.0. The van der Waals surface area contributed by atoms with E-state index in [-0.39, 0.29) is 0 Å². The third-order valence-electron chi connectivity index (χ3n) is 7.34. The maximum atomic E-state index is 4.52. The van der Waals surface area contributed by atoms with E-state index < -0.39 is 0 Å². The molecule has 0 bridgehead atoms. The number of fused-ring (bicyclic) bond motifs is 2. The van der Waals surface area contributed by atoms with Crippen LogP contribution in [0, 0.1) is 13.8 Å². The number of anilines is 1. The summed E-state index contributed by atoms with van der Waals surface area (Å²) in [4.78, 5) is 2.26. The first-order chi connectivity index (χ1) is 19.0. The van der Waals surface area contributed by atoms with Crippen molar-refractivity contribution in [3.63, 3.8) is 0 Å². The van der Waals surface area contributed by atoms with Crippen LogP contribution in [0.2, 0.25) is 0 Å². The lowest BCUT2D eigenvalue weighted by atomic mass is 9.94. The largest absolute Gasteiger partial charge is 0.317 e. The highest BCUT2D eigenvalue weighted by molar-refractivity contribution is 5.98. The second-order valence-corrected chi connectivity index (χ2v) is 9.95. The molecule has 0 atom stereocenters. The Morgan fingerprint density at radius 1 is 0.872 bits per heavy atom. The lowest BCUT2D eigenvalue weighted by Crippen LogP contribution is -2.16. The molecule has 0 unspecified atom stereocenters. The molecule has 0 fully saturated rings. The Labute approximate surface area is 232 Å². The van der Waals surface area contributed by atoms with Crippen LogP contribution < -0.4 is 4.90 Å². The van der Waals surface area contributed by atoms with Gasteiger partial charge >= 0.3 is 0 Å². The molecule has 2 nitrogen and oxygen atoms in total. The Bertz CT molecular complexity index is 1700. The van der Waals surface area contributed by atoms with Gasteiger partial charge in [-0.2, -0.15) is 0 Å². The van der Waals surface area contributed by atoms with E-state index in [4.69, 9.17) is 0 Å². The lowest BCUT2D eigenvalue weighted by Gasteiger charge is -2.27. The molecule has 0 radical (unpaired) electrons. The molecule has 1 aromatic heterocycles. The van der Waals surface area contributed by atoms with Crippen molar-refractivity contribution in [2.24, 2.45) is 0 Å². The van der Waals surface area contributed by atoms with Crippen molar-refractivity contribution < 1.29 is 0 Å². The van der Waals surface area contributed by atoms with E-state index in [1.807, 2.05) is 0 Å². The number of allylic oxidation sites excluding steroid dienone is 8. The average molecular weight is 509 g/mol. The zero-order chi connectivity index (χ0) is 27.5. The van der Waals surface area contributed by atoms with Crippen LogP contribution in [-0.4, -0.2) is 4.57 Å². The van der Waals surface area contributed by atoms with E-state index in [9.17, 15) is 0 Å². The van der Waals surface area contributed by atoms with Crippen molar-refractivity contribution in [1.29, 1.82) is 0 Å². The van der Waals surface area contributed by atoms with Gasteiger partial charge in [-0.3, -0.25) is 0 Å². The van der Waals surface area contributed by atoms with Gasteiger partial charge in [0.2, 0.25) is 0 Å². The standard InChI is InChI=1S/C37H36N2/c1-7-13-31(9-3)38-22-21-30(24-27(5)34-23-26(4)17-19-36(34)38)29-18-20-37-35(25-29)33(14-8-2)28(6)39(37)32-15-11-10-12-16-32/h7-25H,5H2,1-4,6H3/b13-7-,14-8-,22-21-,30-24+,31-9+. The summed E-state index contributed by atoms with van der Waals surface area (Å²) < 4.78 is 2.35. The van der Waals surface area contributed by atoms with Crippen molar-refractivity contribution in [3.05, 3.63) is 150 Å². The van der Waals surface area contributed by atoms with E-state index >= 15 is 0 Å². The molecule has 5 rings (SSSR count). The number of aryl methyl sites for hydroxylation is 1. The van der Waals surface area contributed by atoms with E-state index in [0.29, 0.717) is 0 Å². The van der Waals surface area contributed by atoms with Crippen LogP contribution >= 0.6 is 0 Å². The fourth-order valence-corrected chi connectivity index (χ4v) is 5.47. The lowest BCUT2D eigenvalue weighted by molar-refractivity contribution is 1.05. The summed E-state index contributed by atoms with van der Waals surface area (Å²) in [6.07, 6.45) is 17.3. The molecule has 1 aliphatic heterocycles. The topological polar surface area (TPSA) is 8.17 Å². The zero-order valence-corrected chi connectivity index (χ0v) is 23.6. The third-order valence-corrected chi connectivity index (χ3v) is 7.34. The van der Waals surface area contributed by atoms with Crippen molar-refractivity contribution in [2.75, 3.05) is 4.90 Å². The number of nitrogens with zero attached hydrogens (tertiary/aromatic N) is 2. The van der Waals surface area contributed by atoms with Crippen LogP contribution in [0.25, 0.3) is 33.8 Å². The maximum Gasteiger partial charge on any atom is 0.0538 e. The fourth-order valence-electron chi connectivity index (χ4n) is 5.47. The van der Waals surface area contributed by atoms with Crippen molar-refractivity contribution >= 4 is 33.8 Å². The Morgan fingerprint density at radius 2 is 1.67 bits per heavy atom. The van der Waals surface area contributed by atoms with Crippen molar-refractivity contribution in [2.45, 2.75) is 34.6 Å². The van der Waals surface area contributed by atoms with Gasteiger partial charge in [0.1, 0.15) is 0 Å². The highest BCUT2D eigenvalue weighted by Gasteiger charge is 2.18. The molecule has 4 aromatic rings. The summed E-state index contributed by atoms with van der Waals surface area (Å²) in [5.74, 6) is 0. The van der Waals surface area contributed by atoms with Gasteiger partial charge in [0.25, 0.3) is 0 Å². The molecule has 0 amide bonds. The molecule has 0 saturated heterocycles. The van der Waals surface area contributed by atoms with Crippen LogP contribution in [-0.2, 0) is 0 Å². The minimum atomic E-state index is 1.00. The van der Waals surface area contributed by atoms with Crippen molar-refractivity contribution in [3.8, 4) is 5.69 Å². The minimum absolute atomic E-state index is 1.00. The number of para-hydroxylation sites is 1. The molecule has 0 N–H and O–H groups in total. The molecule has 194 valence electrons. The predicted octanol–water partition coefficient (Wildman–Crippen LogP) is 10.2. The second-order valence-electron chi connectivity index (χ2n) is 9.95. The normalized spacial score (nSPS) is 16.4. The monoisotopic (exact) mass is 508 g/mol. The average Bonchev–Trinajstić information content (AvgIpc) is 3.22. The van der Waals surface area contributed by atoms with Crippen LogP contribution in [0.3, 0.4) is 0 Å². The van der Waals surface area contributed by atoms with Gasteiger partial charge in [-0.05, 0) is 106 Å². The van der Waals surface area contributed by atoms with E-state index in [2.05, 4.69) is 166 Å². The summed E-state index contributed by atoms with van der Waals surface area (Å²) in [5, 5.41) is 1.24. The molecule has 0 saturated carbocycles. The summed E-state index contributed by atoms with van der Waals surface area (Å²) >= 11 is 0. The molecule has 39 heavy (non-hydrogen) atoms. The van der Waals surface area contributed by atoms with Gasteiger partial charge < -0.3 is 9.47 Å². The molecule has 0 aliphatic carbocycles. The van der Waals surface area contributed by atoms with Crippen LogP contribution in [0.15, 0.2) is 122 Å². The predicted molar refractivity (Wildman–Crippen MR) is 171 cm³/mol. The summed E-state index contributed by atoms with van der Waals surface area (Å²) in [5.41, 5.74) is 12.8. The smallest absolute Gasteiger partial charge is 0.0538 e. The van der Waals surface area contributed by atoms with Gasteiger partial charge in [-0.15, -0.1) is 0 Å². The Hall–Kier alpha value is -4.56. The Kier molecular flexibility index (Phi) is 7.38. The first-order valence-corrected chi connectivity index (χ1v) is 13.6. The minimum Gasteiger partial charge on any atom is -0.317 e. The zero-order valence-electron chi connectivity index (χ0n) is 23.6. The first kappa shape index (κ1) is 26.1. The number of hydrogen-bond acceptors (Lipinski definition) is 1. The van der Waals surface area contributed by atoms with Gasteiger partial charge in [0.05, 0.1) is 11.2 Å². The van der Waals surface area contributed by atoms with Crippen LogP contribution in [0.1, 0.15) is 48.7 Å². The number of benzene rings is 3. The first-order valence-electron chi connectivity index (χ1n) is 13.6.